The Balaban J connectivity index is 2.38. The fraction of sp³-hybridized carbons (Fsp3) is 0.400. The van der Waals surface area contributed by atoms with Crippen LogP contribution in [0.15, 0.2) is 36.8 Å². The van der Waals surface area contributed by atoms with Gasteiger partial charge in [-0.15, -0.1) is 0 Å². The lowest BCUT2D eigenvalue weighted by atomic mass is 9.87. The van der Waals surface area contributed by atoms with Crippen molar-refractivity contribution in [1.29, 1.82) is 0 Å². The van der Waals surface area contributed by atoms with Crippen LogP contribution in [-0.2, 0) is 5.41 Å². The molecule has 18 heavy (non-hydrogen) atoms. The summed E-state index contributed by atoms with van der Waals surface area (Å²) in [5, 5.41) is 0. The number of aromatic nitrogens is 2. The molecule has 0 bridgehead atoms. The van der Waals surface area contributed by atoms with Crippen LogP contribution in [0.3, 0.4) is 0 Å². The van der Waals surface area contributed by atoms with Crippen molar-refractivity contribution < 1.29 is 0 Å². The zero-order chi connectivity index (χ0) is 13.3. The Kier molecular flexibility index (Phi) is 3.26. The average Bonchev–Trinajstić information content (AvgIpc) is 2.77. The van der Waals surface area contributed by atoms with E-state index in [-0.39, 0.29) is 11.5 Å². The topological polar surface area (TPSA) is 43.8 Å². The molecule has 0 radical (unpaired) electrons. The molecule has 0 fully saturated rings. The number of hydrogen-bond acceptors (Lipinski definition) is 2. The molecule has 2 aromatic rings. The molecular formula is C15H21N3. The molecule has 96 valence electrons. The molecule has 1 atom stereocenters. The maximum atomic E-state index is 5.93. The number of nitrogens with zero attached hydrogens (tertiary/aromatic N) is 2. The van der Waals surface area contributed by atoms with Crippen LogP contribution in [0.4, 0.5) is 0 Å². The second-order valence-electron chi connectivity index (χ2n) is 5.77. The quantitative estimate of drug-likeness (QED) is 0.880. The molecule has 2 rings (SSSR count). The lowest BCUT2D eigenvalue weighted by molar-refractivity contribution is 0.590. The summed E-state index contributed by atoms with van der Waals surface area (Å²) >= 11 is 0. The van der Waals surface area contributed by atoms with Gasteiger partial charge in [0.1, 0.15) is 0 Å². The monoisotopic (exact) mass is 243 g/mol. The molecule has 0 spiro atoms. The van der Waals surface area contributed by atoms with Crippen LogP contribution in [0.1, 0.15) is 45.0 Å². The predicted octanol–water partition coefficient (Wildman–Crippen LogP) is 3.19. The van der Waals surface area contributed by atoms with E-state index >= 15 is 0 Å². The van der Waals surface area contributed by atoms with Crippen LogP contribution in [0, 0.1) is 0 Å². The van der Waals surface area contributed by atoms with E-state index in [9.17, 15) is 0 Å². The number of benzene rings is 1. The second kappa shape index (κ2) is 4.58. The van der Waals surface area contributed by atoms with E-state index in [4.69, 9.17) is 5.73 Å². The van der Waals surface area contributed by atoms with Crippen molar-refractivity contribution >= 4 is 0 Å². The van der Waals surface area contributed by atoms with Crippen molar-refractivity contribution in [3.05, 3.63) is 48.0 Å². The molecular weight excluding hydrogens is 222 g/mol. The van der Waals surface area contributed by atoms with Crippen LogP contribution in [-0.4, -0.2) is 9.55 Å². The molecule has 0 aliphatic rings. The smallest absolute Gasteiger partial charge is 0.0994 e. The Morgan fingerprint density at radius 2 is 1.78 bits per heavy atom. The third-order valence-electron chi connectivity index (χ3n) is 3.15. The first kappa shape index (κ1) is 12.8. The van der Waals surface area contributed by atoms with E-state index in [0.29, 0.717) is 0 Å². The van der Waals surface area contributed by atoms with Gasteiger partial charge in [0.05, 0.1) is 18.2 Å². The molecule has 0 aliphatic heterocycles. The first-order valence-corrected chi connectivity index (χ1v) is 6.28. The summed E-state index contributed by atoms with van der Waals surface area (Å²) in [5.41, 5.74) is 9.57. The number of hydrogen-bond donors (Lipinski definition) is 1. The first-order valence-electron chi connectivity index (χ1n) is 6.28. The summed E-state index contributed by atoms with van der Waals surface area (Å²) in [4.78, 5) is 4.17. The second-order valence-corrected chi connectivity index (χ2v) is 5.77. The van der Waals surface area contributed by atoms with Gasteiger partial charge in [-0.1, -0.05) is 32.9 Å². The summed E-state index contributed by atoms with van der Waals surface area (Å²) in [6.07, 6.45) is 3.63. The van der Waals surface area contributed by atoms with Crippen LogP contribution in [0.25, 0.3) is 5.69 Å². The molecule has 0 unspecified atom stereocenters. The highest BCUT2D eigenvalue weighted by Gasteiger charge is 2.14. The Morgan fingerprint density at radius 3 is 2.28 bits per heavy atom. The van der Waals surface area contributed by atoms with Gasteiger partial charge in [-0.25, -0.2) is 4.98 Å². The van der Waals surface area contributed by atoms with Gasteiger partial charge >= 0.3 is 0 Å². The van der Waals surface area contributed by atoms with Crippen molar-refractivity contribution in [2.75, 3.05) is 0 Å². The fourth-order valence-corrected chi connectivity index (χ4v) is 1.98. The van der Waals surface area contributed by atoms with Crippen molar-refractivity contribution in [1.82, 2.24) is 9.55 Å². The minimum Gasteiger partial charge on any atom is -0.323 e. The maximum Gasteiger partial charge on any atom is 0.0994 e. The van der Waals surface area contributed by atoms with E-state index in [1.807, 2.05) is 24.0 Å². The van der Waals surface area contributed by atoms with Crippen LogP contribution >= 0.6 is 0 Å². The Bertz CT molecular complexity index is 515. The van der Waals surface area contributed by atoms with Gasteiger partial charge in [-0.05, 0) is 30.0 Å². The van der Waals surface area contributed by atoms with Gasteiger partial charge in [0.2, 0.25) is 0 Å². The Hall–Kier alpha value is -1.61. The third kappa shape index (κ3) is 2.46. The van der Waals surface area contributed by atoms with Crippen molar-refractivity contribution in [2.45, 2.75) is 39.2 Å². The molecule has 0 saturated carbocycles. The molecule has 0 amide bonds. The summed E-state index contributed by atoms with van der Waals surface area (Å²) in [6.45, 7) is 8.61. The van der Waals surface area contributed by atoms with Gasteiger partial charge in [0, 0.05) is 11.7 Å². The number of imidazole rings is 1. The highest BCUT2D eigenvalue weighted by atomic mass is 15.1. The summed E-state index contributed by atoms with van der Waals surface area (Å²) < 4.78 is 2.04. The molecule has 2 N–H and O–H groups in total. The normalized spacial score (nSPS) is 13.6. The third-order valence-corrected chi connectivity index (χ3v) is 3.15. The summed E-state index contributed by atoms with van der Waals surface area (Å²) in [5.74, 6) is 0. The summed E-state index contributed by atoms with van der Waals surface area (Å²) in [7, 11) is 0. The van der Waals surface area contributed by atoms with Crippen molar-refractivity contribution in [3.63, 3.8) is 0 Å². The van der Waals surface area contributed by atoms with Crippen LogP contribution in [0.5, 0.6) is 0 Å². The molecule has 3 nitrogen and oxygen atoms in total. The molecule has 1 heterocycles. The largest absolute Gasteiger partial charge is 0.323 e. The highest BCUT2D eigenvalue weighted by Crippen LogP contribution is 2.24. The van der Waals surface area contributed by atoms with E-state index in [0.717, 1.165) is 11.4 Å². The highest BCUT2D eigenvalue weighted by molar-refractivity contribution is 5.38. The van der Waals surface area contributed by atoms with Crippen molar-refractivity contribution in [3.8, 4) is 5.69 Å². The molecule has 0 aliphatic carbocycles. The van der Waals surface area contributed by atoms with Gasteiger partial charge in [-0.3, -0.25) is 0 Å². The van der Waals surface area contributed by atoms with Crippen molar-refractivity contribution in [2.24, 2.45) is 5.73 Å². The van der Waals surface area contributed by atoms with E-state index < -0.39 is 0 Å². The molecule has 1 aromatic carbocycles. The molecule has 0 saturated heterocycles. The number of nitrogens with two attached hydrogens (primary N) is 1. The molecule has 1 aromatic heterocycles. The van der Waals surface area contributed by atoms with E-state index in [1.54, 1.807) is 0 Å². The lowest BCUT2D eigenvalue weighted by Crippen LogP contribution is -2.12. The maximum absolute atomic E-state index is 5.93. The van der Waals surface area contributed by atoms with Gasteiger partial charge in [0.15, 0.2) is 0 Å². The number of rotatable bonds is 2. The molecule has 3 heteroatoms. The standard InChI is InChI=1S/C15H21N3/c1-11(16)14-9-17-10-18(14)13-7-5-12(6-8-13)15(2,3)4/h5-11H,16H2,1-4H3/t11-/m1/s1. The van der Waals surface area contributed by atoms with Crippen LogP contribution in [0.2, 0.25) is 0 Å². The lowest BCUT2D eigenvalue weighted by Gasteiger charge is -2.19. The van der Waals surface area contributed by atoms with Gasteiger partial charge < -0.3 is 10.3 Å². The SMILES string of the molecule is C[C@@H](N)c1cncn1-c1ccc(C(C)(C)C)cc1. The van der Waals surface area contributed by atoms with E-state index in [1.165, 1.54) is 5.56 Å². The zero-order valence-corrected chi connectivity index (χ0v) is 11.5. The average molecular weight is 243 g/mol. The van der Waals surface area contributed by atoms with E-state index in [2.05, 4.69) is 50.0 Å². The Morgan fingerprint density at radius 1 is 1.17 bits per heavy atom. The zero-order valence-electron chi connectivity index (χ0n) is 11.5. The predicted molar refractivity (Wildman–Crippen MR) is 74.9 cm³/mol. The minimum absolute atomic E-state index is 0.0187. The van der Waals surface area contributed by atoms with Gasteiger partial charge in [0.25, 0.3) is 0 Å². The Labute approximate surface area is 109 Å². The minimum atomic E-state index is -0.0187. The van der Waals surface area contributed by atoms with Crippen LogP contribution < -0.4 is 5.73 Å². The summed E-state index contributed by atoms with van der Waals surface area (Å²) in [6, 6.07) is 8.55. The first-order chi connectivity index (χ1) is 8.39. The van der Waals surface area contributed by atoms with Gasteiger partial charge in [-0.2, -0.15) is 0 Å². The fourth-order valence-electron chi connectivity index (χ4n) is 1.98.